The van der Waals surface area contributed by atoms with Gasteiger partial charge in [0.05, 0.1) is 5.01 Å². The highest BCUT2D eigenvalue weighted by molar-refractivity contribution is 7.13. The lowest BCUT2D eigenvalue weighted by molar-refractivity contribution is 0.0762. The lowest BCUT2D eigenvalue weighted by Crippen LogP contribution is -2.35. The third-order valence-electron chi connectivity index (χ3n) is 3.31. The van der Waals surface area contributed by atoms with Crippen LogP contribution in [0, 0.1) is 6.92 Å². The molecule has 1 fully saturated rings. The Morgan fingerprint density at radius 3 is 2.85 bits per heavy atom. The van der Waals surface area contributed by atoms with Crippen LogP contribution < -0.4 is 4.90 Å². The van der Waals surface area contributed by atoms with E-state index in [0.29, 0.717) is 5.69 Å². The fourth-order valence-electron chi connectivity index (χ4n) is 2.31. The number of carbonyl (C=O) groups excluding carboxylic acids is 1. The summed E-state index contributed by atoms with van der Waals surface area (Å²) in [5.74, 6) is 0.0512. The second-order valence-electron chi connectivity index (χ2n) is 4.70. The van der Waals surface area contributed by atoms with E-state index in [4.69, 9.17) is 0 Å². The fraction of sp³-hybridized carbons (Fsp3) is 0.462. The Morgan fingerprint density at radius 1 is 1.25 bits per heavy atom. The van der Waals surface area contributed by atoms with Gasteiger partial charge >= 0.3 is 0 Å². The standard InChI is InChI=1S/C13H16N4OS2/c1-10-15-11(9-20-10)12(18)16-4-2-5-17(7-6-16)13-14-3-8-19-13/h3,8-9H,2,4-7H2,1H3. The summed E-state index contributed by atoms with van der Waals surface area (Å²) < 4.78 is 0. The number of carbonyl (C=O) groups is 1. The third kappa shape index (κ3) is 2.83. The van der Waals surface area contributed by atoms with Crippen molar-refractivity contribution < 1.29 is 4.79 Å². The molecule has 0 spiro atoms. The van der Waals surface area contributed by atoms with Crippen LogP contribution in [-0.2, 0) is 0 Å². The van der Waals surface area contributed by atoms with Gasteiger partial charge < -0.3 is 9.80 Å². The van der Waals surface area contributed by atoms with Gasteiger partial charge in [0.25, 0.3) is 5.91 Å². The molecule has 0 atom stereocenters. The van der Waals surface area contributed by atoms with Crippen LogP contribution in [0.3, 0.4) is 0 Å². The predicted molar refractivity (Wildman–Crippen MR) is 81.7 cm³/mol. The smallest absolute Gasteiger partial charge is 0.273 e. The van der Waals surface area contributed by atoms with Crippen molar-refractivity contribution in [1.82, 2.24) is 14.9 Å². The first kappa shape index (κ1) is 13.5. The SMILES string of the molecule is Cc1nc(C(=O)N2CCCN(c3nccs3)CC2)cs1. The van der Waals surface area contributed by atoms with Crippen LogP contribution in [-0.4, -0.2) is 47.0 Å². The first-order valence-corrected chi connectivity index (χ1v) is 8.36. The summed E-state index contributed by atoms with van der Waals surface area (Å²) in [7, 11) is 0. The van der Waals surface area contributed by atoms with E-state index in [2.05, 4.69) is 14.9 Å². The predicted octanol–water partition coefficient (Wildman–Crippen LogP) is 2.26. The molecule has 0 aromatic carbocycles. The molecule has 106 valence electrons. The molecule has 0 unspecified atom stereocenters. The minimum Gasteiger partial charge on any atom is -0.346 e. The number of hydrogen-bond acceptors (Lipinski definition) is 6. The highest BCUT2D eigenvalue weighted by Crippen LogP contribution is 2.20. The second-order valence-corrected chi connectivity index (χ2v) is 6.63. The molecule has 1 amide bonds. The largest absolute Gasteiger partial charge is 0.346 e. The maximum Gasteiger partial charge on any atom is 0.273 e. The average Bonchev–Trinajstić information content (AvgIpc) is 3.05. The van der Waals surface area contributed by atoms with Crippen LogP contribution in [0.2, 0.25) is 0 Å². The van der Waals surface area contributed by atoms with Gasteiger partial charge in [0.15, 0.2) is 5.13 Å². The molecule has 0 aliphatic carbocycles. The number of rotatable bonds is 2. The van der Waals surface area contributed by atoms with Crippen LogP contribution in [0.25, 0.3) is 0 Å². The summed E-state index contributed by atoms with van der Waals surface area (Å²) >= 11 is 3.17. The van der Waals surface area contributed by atoms with Gasteiger partial charge in [-0.1, -0.05) is 0 Å². The van der Waals surface area contributed by atoms with Crippen molar-refractivity contribution in [2.24, 2.45) is 0 Å². The van der Waals surface area contributed by atoms with E-state index in [1.807, 2.05) is 28.8 Å². The number of nitrogens with zero attached hydrogens (tertiary/aromatic N) is 4. The number of amides is 1. The monoisotopic (exact) mass is 308 g/mol. The fourth-order valence-corrected chi connectivity index (χ4v) is 3.59. The van der Waals surface area contributed by atoms with Crippen molar-refractivity contribution >= 4 is 33.7 Å². The summed E-state index contributed by atoms with van der Waals surface area (Å²) in [6, 6.07) is 0. The van der Waals surface area contributed by atoms with Gasteiger partial charge in [0.1, 0.15) is 5.69 Å². The molecule has 2 aromatic heterocycles. The van der Waals surface area contributed by atoms with E-state index in [0.717, 1.165) is 42.7 Å². The van der Waals surface area contributed by atoms with Crippen LogP contribution in [0.5, 0.6) is 0 Å². The first-order valence-electron chi connectivity index (χ1n) is 6.60. The van der Waals surface area contributed by atoms with E-state index in [1.165, 1.54) is 11.3 Å². The molecular weight excluding hydrogens is 292 g/mol. The summed E-state index contributed by atoms with van der Waals surface area (Å²) in [4.78, 5) is 25.2. The van der Waals surface area contributed by atoms with Crippen molar-refractivity contribution in [1.29, 1.82) is 0 Å². The summed E-state index contributed by atoms with van der Waals surface area (Å²) in [5.41, 5.74) is 0.579. The molecule has 5 nitrogen and oxygen atoms in total. The zero-order valence-corrected chi connectivity index (χ0v) is 12.9. The molecular formula is C13H16N4OS2. The molecule has 1 aliphatic rings. The maximum atomic E-state index is 12.4. The Morgan fingerprint density at radius 2 is 2.15 bits per heavy atom. The van der Waals surface area contributed by atoms with E-state index in [-0.39, 0.29) is 5.91 Å². The minimum atomic E-state index is 0.0512. The number of hydrogen-bond donors (Lipinski definition) is 0. The topological polar surface area (TPSA) is 49.3 Å². The van der Waals surface area contributed by atoms with Crippen molar-refractivity contribution in [3.63, 3.8) is 0 Å². The molecule has 0 saturated carbocycles. The van der Waals surface area contributed by atoms with Crippen LogP contribution in [0.15, 0.2) is 17.0 Å². The van der Waals surface area contributed by atoms with Gasteiger partial charge in [0.2, 0.25) is 0 Å². The van der Waals surface area contributed by atoms with E-state index < -0.39 is 0 Å². The molecule has 0 N–H and O–H groups in total. The Kier molecular flexibility index (Phi) is 3.98. The molecule has 20 heavy (non-hydrogen) atoms. The molecule has 0 bridgehead atoms. The first-order chi connectivity index (χ1) is 9.74. The summed E-state index contributed by atoms with van der Waals surface area (Å²) in [6.07, 6.45) is 2.79. The quantitative estimate of drug-likeness (QED) is 0.854. The van der Waals surface area contributed by atoms with Crippen molar-refractivity contribution in [3.05, 3.63) is 27.7 Å². The zero-order valence-electron chi connectivity index (χ0n) is 11.3. The number of anilines is 1. The summed E-state index contributed by atoms with van der Waals surface area (Å²) in [6.45, 7) is 5.23. The van der Waals surface area contributed by atoms with Crippen LogP contribution in [0.4, 0.5) is 5.13 Å². The maximum absolute atomic E-state index is 12.4. The molecule has 7 heteroatoms. The Labute approximate surface area is 125 Å². The Balaban J connectivity index is 1.66. The normalized spacial score (nSPS) is 16.2. The van der Waals surface area contributed by atoms with Gasteiger partial charge in [-0.3, -0.25) is 4.79 Å². The van der Waals surface area contributed by atoms with Gasteiger partial charge in [-0.05, 0) is 13.3 Å². The van der Waals surface area contributed by atoms with Crippen molar-refractivity contribution in [3.8, 4) is 0 Å². The Bertz CT molecular complexity index is 581. The lowest BCUT2D eigenvalue weighted by atomic mass is 10.3. The molecule has 1 saturated heterocycles. The molecule has 3 heterocycles. The van der Waals surface area contributed by atoms with Crippen LogP contribution >= 0.6 is 22.7 Å². The van der Waals surface area contributed by atoms with Crippen molar-refractivity contribution in [2.45, 2.75) is 13.3 Å². The summed E-state index contributed by atoms with van der Waals surface area (Å²) in [5, 5.41) is 5.82. The zero-order chi connectivity index (χ0) is 13.9. The number of aromatic nitrogens is 2. The van der Waals surface area contributed by atoms with Crippen LogP contribution in [0.1, 0.15) is 21.9 Å². The average molecular weight is 308 g/mol. The number of thiazole rings is 2. The highest BCUT2D eigenvalue weighted by atomic mass is 32.1. The molecule has 1 aliphatic heterocycles. The molecule has 3 rings (SSSR count). The van der Waals surface area contributed by atoms with Gasteiger partial charge in [0, 0.05) is 43.1 Å². The van der Waals surface area contributed by atoms with E-state index in [1.54, 1.807) is 11.3 Å². The molecule has 2 aromatic rings. The molecule has 0 radical (unpaired) electrons. The highest BCUT2D eigenvalue weighted by Gasteiger charge is 2.22. The van der Waals surface area contributed by atoms with E-state index >= 15 is 0 Å². The number of aryl methyl sites for hydroxylation is 1. The minimum absolute atomic E-state index is 0.0512. The van der Waals surface area contributed by atoms with Gasteiger partial charge in [-0.2, -0.15) is 0 Å². The Hall–Kier alpha value is -1.47. The second kappa shape index (κ2) is 5.88. The van der Waals surface area contributed by atoms with Crippen molar-refractivity contribution in [2.75, 3.05) is 31.1 Å². The lowest BCUT2D eigenvalue weighted by Gasteiger charge is -2.21. The van der Waals surface area contributed by atoms with E-state index in [9.17, 15) is 4.79 Å². The van der Waals surface area contributed by atoms with Gasteiger partial charge in [-0.15, -0.1) is 22.7 Å². The third-order valence-corrected chi connectivity index (χ3v) is 4.92. The van der Waals surface area contributed by atoms with Gasteiger partial charge in [-0.25, -0.2) is 9.97 Å².